The topological polar surface area (TPSA) is 104 Å². The molecule has 2 rings (SSSR count). The number of carbonyl (C=O) groups excluding carboxylic acids is 1. The van der Waals surface area contributed by atoms with Crippen LogP contribution in [-0.4, -0.2) is 22.1 Å². The van der Waals surface area contributed by atoms with Crippen molar-refractivity contribution in [1.82, 2.24) is 10.3 Å². The molecule has 110 valence electrons. The predicted octanol–water partition coefficient (Wildman–Crippen LogP) is 2.66. The van der Waals surface area contributed by atoms with Gasteiger partial charge in [0.05, 0.1) is 24.0 Å². The third kappa shape index (κ3) is 3.96. The van der Waals surface area contributed by atoms with Gasteiger partial charge in [-0.05, 0) is 25.1 Å². The number of amides is 2. The van der Waals surface area contributed by atoms with Gasteiger partial charge in [-0.3, -0.25) is 0 Å². The monoisotopic (exact) mass is 309 g/mol. The molecule has 0 aliphatic heterocycles. The standard InChI is InChI=1S/C13H12ClN3O4/c1-7-5-15-11(21-7)6-16-13(20)17-10-4-8(14)2-3-9(10)12(18)19/h2-5H,6H2,1H3,(H,18,19)(H2,16,17,20). The van der Waals surface area contributed by atoms with Crippen LogP contribution in [0.15, 0.2) is 28.8 Å². The minimum atomic E-state index is -1.16. The highest BCUT2D eigenvalue weighted by atomic mass is 35.5. The Morgan fingerprint density at radius 2 is 2.19 bits per heavy atom. The summed E-state index contributed by atoms with van der Waals surface area (Å²) in [5, 5.41) is 14.3. The lowest BCUT2D eigenvalue weighted by atomic mass is 10.2. The van der Waals surface area contributed by atoms with E-state index in [2.05, 4.69) is 15.6 Å². The lowest BCUT2D eigenvalue weighted by Crippen LogP contribution is -2.29. The quantitative estimate of drug-likeness (QED) is 0.805. The van der Waals surface area contributed by atoms with Crippen molar-refractivity contribution in [1.29, 1.82) is 0 Å². The van der Waals surface area contributed by atoms with Gasteiger partial charge in [-0.2, -0.15) is 0 Å². The highest BCUT2D eigenvalue weighted by molar-refractivity contribution is 6.31. The van der Waals surface area contributed by atoms with Crippen LogP contribution in [0.5, 0.6) is 0 Å². The molecule has 2 amide bonds. The summed E-state index contributed by atoms with van der Waals surface area (Å²) in [6.45, 7) is 1.82. The maximum absolute atomic E-state index is 11.8. The Kier molecular flexibility index (Phi) is 4.44. The SMILES string of the molecule is Cc1cnc(CNC(=O)Nc2cc(Cl)ccc2C(=O)O)o1. The van der Waals surface area contributed by atoms with Gasteiger partial charge < -0.3 is 20.2 Å². The average Bonchev–Trinajstić information content (AvgIpc) is 2.82. The number of rotatable bonds is 4. The maximum Gasteiger partial charge on any atom is 0.337 e. The van der Waals surface area contributed by atoms with Crippen LogP contribution in [0.3, 0.4) is 0 Å². The summed E-state index contributed by atoms with van der Waals surface area (Å²) >= 11 is 5.79. The fourth-order valence-electron chi connectivity index (χ4n) is 1.61. The van der Waals surface area contributed by atoms with Crippen LogP contribution in [0.25, 0.3) is 0 Å². The van der Waals surface area contributed by atoms with E-state index in [1.807, 2.05) is 0 Å². The van der Waals surface area contributed by atoms with Crippen LogP contribution in [0.2, 0.25) is 5.02 Å². The number of aryl methyl sites for hydroxylation is 1. The number of nitrogens with zero attached hydrogens (tertiary/aromatic N) is 1. The molecule has 1 heterocycles. The van der Waals surface area contributed by atoms with Crippen LogP contribution in [0.4, 0.5) is 10.5 Å². The molecule has 0 spiro atoms. The number of hydrogen-bond acceptors (Lipinski definition) is 4. The summed E-state index contributed by atoms with van der Waals surface area (Å²) in [4.78, 5) is 26.7. The van der Waals surface area contributed by atoms with Crippen LogP contribution in [0, 0.1) is 6.92 Å². The van der Waals surface area contributed by atoms with E-state index >= 15 is 0 Å². The van der Waals surface area contributed by atoms with E-state index in [-0.39, 0.29) is 17.8 Å². The van der Waals surface area contributed by atoms with E-state index in [9.17, 15) is 9.59 Å². The Labute approximate surface area is 124 Å². The van der Waals surface area contributed by atoms with Crippen LogP contribution in [-0.2, 0) is 6.54 Å². The van der Waals surface area contributed by atoms with E-state index in [0.29, 0.717) is 16.7 Å². The first-order chi connectivity index (χ1) is 9.95. The highest BCUT2D eigenvalue weighted by Crippen LogP contribution is 2.21. The first-order valence-corrected chi connectivity index (χ1v) is 6.32. The first kappa shape index (κ1) is 14.9. The molecule has 0 unspecified atom stereocenters. The molecule has 3 N–H and O–H groups in total. The van der Waals surface area contributed by atoms with Gasteiger partial charge in [-0.1, -0.05) is 11.6 Å². The summed E-state index contributed by atoms with van der Waals surface area (Å²) in [7, 11) is 0. The van der Waals surface area contributed by atoms with Crippen molar-refractivity contribution < 1.29 is 19.1 Å². The molecule has 0 saturated carbocycles. The molecule has 7 nitrogen and oxygen atoms in total. The number of urea groups is 1. The summed E-state index contributed by atoms with van der Waals surface area (Å²) in [5.74, 6) is -0.173. The Morgan fingerprint density at radius 3 is 2.81 bits per heavy atom. The van der Waals surface area contributed by atoms with Gasteiger partial charge in [0, 0.05) is 5.02 Å². The molecule has 0 aliphatic carbocycles. The van der Waals surface area contributed by atoms with E-state index in [4.69, 9.17) is 21.1 Å². The van der Waals surface area contributed by atoms with Crippen LogP contribution >= 0.6 is 11.6 Å². The van der Waals surface area contributed by atoms with Gasteiger partial charge >= 0.3 is 12.0 Å². The number of anilines is 1. The van der Waals surface area contributed by atoms with Crippen molar-refractivity contribution >= 4 is 29.3 Å². The number of carboxylic acids is 1. The van der Waals surface area contributed by atoms with Gasteiger partial charge in [0.15, 0.2) is 0 Å². The first-order valence-electron chi connectivity index (χ1n) is 5.94. The zero-order valence-corrected chi connectivity index (χ0v) is 11.8. The van der Waals surface area contributed by atoms with Crippen molar-refractivity contribution in [3.05, 3.63) is 46.6 Å². The molecule has 2 aromatic rings. The molecule has 0 fully saturated rings. The molecular formula is C13H12ClN3O4. The van der Waals surface area contributed by atoms with Crippen molar-refractivity contribution in [2.75, 3.05) is 5.32 Å². The Hall–Kier alpha value is -2.54. The molecule has 0 aliphatic rings. The van der Waals surface area contributed by atoms with Gasteiger partial charge in [0.1, 0.15) is 5.76 Å². The van der Waals surface area contributed by atoms with Crippen molar-refractivity contribution in [3.63, 3.8) is 0 Å². The minimum Gasteiger partial charge on any atom is -0.478 e. The maximum atomic E-state index is 11.8. The summed E-state index contributed by atoms with van der Waals surface area (Å²) in [5.41, 5.74) is 0.0533. The lowest BCUT2D eigenvalue weighted by molar-refractivity contribution is 0.0698. The number of carbonyl (C=O) groups is 2. The number of aromatic nitrogens is 1. The van der Waals surface area contributed by atoms with Crippen molar-refractivity contribution in [2.45, 2.75) is 13.5 Å². The molecule has 8 heteroatoms. The number of benzene rings is 1. The third-order valence-corrected chi connectivity index (χ3v) is 2.76. The van der Waals surface area contributed by atoms with E-state index in [0.717, 1.165) is 0 Å². The van der Waals surface area contributed by atoms with Crippen LogP contribution < -0.4 is 10.6 Å². The van der Waals surface area contributed by atoms with Gasteiger partial charge in [0.2, 0.25) is 5.89 Å². The molecule has 0 radical (unpaired) electrons. The fraction of sp³-hybridized carbons (Fsp3) is 0.154. The van der Waals surface area contributed by atoms with Crippen LogP contribution in [0.1, 0.15) is 22.0 Å². The molecule has 1 aromatic carbocycles. The minimum absolute atomic E-state index is 0.0541. The second-order valence-corrected chi connectivity index (χ2v) is 4.60. The van der Waals surface area contributed by atoms with E-state index < -0.39 is 12.0 Å². The summed E-state index contributed by atoms with van der Waals surface area (Å²) in [6.07, 6.45) is 1.54. The molecular weight excluding hydrogens is 298 g/mol. The second kappa shape index (κ2) is 6.27. The summed E-state index contributed by atoms with van der Waals surface area (Å²) in [6, 6.07) is 3.52. The molecule has 0 saturated heterocycles. The van der Waals surface area contributed by atoms with Crippen molar-refractivity contribution in [3.8, 4) is 0 Å². The number of hydrogen-bond donors (Lipinski definition) is 3. The number of oxazole rings is 1. The average molecular weight is 310 g/mol. The zero-order chi connectivity index (χ0) is 15.4. The fourth-order valence-corrected chi connectivity index (χ4v) is 1.78. The Morgan fingerprint density at radius 1 is 1.43 bits per heavy atom. The Bertz CT molecular complexity index is 684. The molecule has 21 heavy (non-hydrogen) atoms. The summed E-state index contributed by atoms with van der Waals surface area (Å²) < 4.78 is 5.20. The largest absolute Gasteiger partial charge is 0.478 e. The Balaban J connectivity index is 2.02. The second-order valence-electron chi connectivity index (χ2n) is 4.17. The smallest absolute Gasteiger partial charge is 0.337 e. The third-order valence-electron chi connectivity index (χ3n) is 2.53. The normalized spacial score (nSPS) is 10.2. The van der Waals surface area contributed by atoms with Gasteiger partial charge in [-0.25, -0.2) is 14.6 Å². The van der Waals surface area contributed by atoms with Gasteiger partial charge in [-0.15, -0.1) is 0 Å². The predicted molar refractivity (Wildman–Crippen MR) is 75.5 cm³/mol. The molecule has 0 atom stereocenters. The van der Waals surface area contributed by atoms with E-state index in [1.165, 1.54) is 24.4 Å². The zero-order valence-electron chi connectivity index (χ0n) is 11.0. The number of halogens is 1. The molecule has 0 bridgehead atoms. The van der Waals surface area contributed by atoms with E-state index in [1.54, 1.807) is 6.92 Å². The lowest BCUT2D eigenvalue weighted by Gasteiger charge is -2.09. The van der Waals surface area contributed by atoms with Crippen molar-refractivity contribution in [2.24, 2.45) is 0 Å². The van der Waals surface area contributed by atoms with Gasteiger partial charge in [0.25, 0.3) is 0 Å². The number of aromatic carboxylic acids is 1. The number of carboxylic acid groups (broad SMARTS) is 1. The highest BCUT2D eigenvalue weighted by Gasteiger charge is 2.13. The molecule has 1 aromatic heterocycles. The number of nitrogens with one attached hydrogen (secondary N) is 2.